The third-order valence-corrected chi connectivity index (χ3v) is 7.12. The maximum absolute atomic E-state index is 13.1. The van der Waals surface area contributed by atoms with Crippen LogP contribution in [-0.2, 0) is 9.59 Å². The fraction of sp³-hybridized carbons (Fsp3) is 0.655. The fourth-order valence-corrected chi connectivity index (χ4v) is 5.06. The highest BCUT2D eigenvalue weighted by molar-refractivity contribution is 5.79. The molecule has 194 valence electrons. The van der Waals surface area contributed by atoms with Crippen molar-refractivity contribution in [3.8, 4) is 5.75 Å². The molecule has 1 heterocycles. The van der Waals surface area contributed by atoms with E-state index < -0.39 is 0 Å². The molecule has 35 heavy (non-hydrogen) atoms. The molecular weight excluding hydrogens is 438 g/mol. The summed E-state index contributed by atoms with van der Waals surface area (Å²) in [6, 6.07) is 7.91. The number of ether oxygens (including phenoxy) is 1. The van der Waals surface area contributed by atoms with E-state index in [1.807, 2.05) is 35.2 Å². The molecule has 1 aromatic rings. The molecule has 1 saturated heterocycles. The van der Waals surface area contributed by atoms with Gasteiger partial charge in [-0.15, -0.1) is 0 Å². The quantitative estimate of drug-likeness (QED) is 0.511. The number of carbonyl (C=O) groups excluding carboxylic acids is 2. The fourth-order valence-electron chi connectivity index (χ4n) is 5.06. The number of nitrogens with zero attached hydrogens (tertiary/aromatic N) is 3. The van der Waals surface area contributed by atoms with Crippen LogP contribution in [0, 0.1) is 11.3 Å². The van der Waals surface area contributed by atoms with Crippen LogP contribution in [0.3, 0.4) is 0 Å². The first-order valence-electron chi connectivity index (χ1n) is 13.4. The first-order chi connectivity index (χ1) is 16.8. The van der Waals surface area contributed by atoms with Crippen LogP contribution in [0.15, 0.2) is 30.3 Å². The zero-order chi connectivity index (χ0) is 25.3. The minimum absolute atomic E-state index is 0.0488. The summed E-state index contributed by atoms with van der Waals surface area (Å²) >= 11 is 0. The second-order valence-corrected chi connectivity index (χ2v) is 11.2. The second kappa shape index (κ2) is 13.1. The Balaban J connectivity index is 1.53. The van der Waals surface area contributed by atoms with Crippen LogP contribution in [0.1, 0.15) is 64.9 Å². The number of methoxy groups -OCH3 is 1. The molecule has 2 amide bonds. The van der Waals surface area contributed by atoms with Crippen LogP contribution in [0.25, 0.3) is 6.08 Å². The highest BCUT2D eigenvalue weighted by Gasteiger charge is 2.29. The Kier molecular flexibility index (Phi) is 10.2. The Labute approximate surface area is 212 Å². The van der Waals surface area contributed by atoms with E-state index in [-0.39, 0.29) is 17.2 Å². The molecule has 6 nitrogen and oxygen atoms in total. The zero-order valence-electron chi connectivity index (χ0n) is 22.3. The number of amides is 2. The summed E-state index contributed by atoms with van der Waals surface area (Å²) in [6.07, 6.45) is 10.4. The average molecular weight is 484 g/mol. The standard InChI is InChI=1S/C29H45N3O3/c1-29(2,3)23-27(33)31(16-10-14-24-11-8-9-15-26(24)35-4)20-17-30-18-21-32(22-19-30)28(34)25-12-6-5-7-13-25/h8-11,14-15,25H,5-7,12-13,16-23H2,1-4H3/b14-10+. The van der Waals surface area contributed by atoms with Crippen molar-refractivity contribution in [1.29, 1.82) is 0 Å². The number of hydrogen-bond donors (Lipinski definition) is 0. The van der Waals surface area contributed by atoms with Gasteiger partial charge in [0.15, 0.2) is 0 Å². The van der Waals surface area contributed by atoms with Gasteiger partial charge in [0.25, 0.3) is 0 Å². The number of piperazine rings is 1. The summed E-state index contributed by atoms with van der Waals surface area (Å²) in [6.45, 7) is 11.8. The Morgan fingerprint density at radius 3 is 2.40 bits per heavy atom. The van der Waals surface area contributed by atoms with Crippen molar-refractivity contribution in [3.05, 3.63) is 35.9 Å². The molecule has 1 aliphatic carbocycles. The highest BCUT2D eigenvalue weighted by atomic mass is 16.5. The smallest absolute Gasteiger partial charge is 0.225 e. The van der Waals surface area contributed by atoms with Gasteiger partial charge in [-0.05, 0) is 24.3 Å². The summed E-state index contributed by atoms with van der Waals surface area (Å²) in [5.41, 5.74) is 0.962. The number of para-hydroxylation sites is 1. The summed E-state index contributed by atoms with van der Waals surface area (Å²) in [5, 5.41) is 0. The maximum Gasteiger partial charge on any atom is 0.225 e. The predicted octanol–water partition coefficient (Wildman–Crippen LogP) is 4.70. The molecule has 1 aromatic carbocycles. The molecule has 0 bridgehead atoms. The predicted molar refractivity (Wildman–Crippen MR) is 142 cm³/mol. The van der Waals surface area contributed by atoms with Gasteiger partial charge in [-0.2, -0.15) is 0 Å². The van der Waals surface area contributed by atoms with Crippen molar-refractivity contribution in [3.63, 3.8) is 0 Å². The Morgan fingerprint density at radius 2 is 1.74 bits per heavy atom. The van der Waals surface area contributed by atoms with Gasteiger partial charge in [-0.3, -0.25) is 14.5 Å². The maximum atomic E-state index is 13.1. The normalized spacial score (nSPS) is 18.1. The van der Waals surface area contributed by atoms with E-state index in [2.05, 4.69) is 36.6 Å². The first-order valence-corrected chi connectivity index (χ1v) is 13.4. The third-order valence-electron chi connectivity index (χ3n) is 7.12. The topological polar surface area (TPSA) is 53.1 Å². The van der Waals surface area contributed by atoms with E-state index in [4.69, 9.17) is 4.74 Å². The number of carbonyl (C=O) groups is 2. The summed E-state index contributed by atoms with van der Waals surface area (Å²) in [5.74, 6) is 1.63. The van der Waals surface area contributed by atoms with E-state index in [0.29, 0.717) is 25.4 Å². The van der Waals surface area contributed by atoms with Gasteiger partial charge in [0.05, 0.1) is 7.11 Å². The molecular formula is C29H45N3O3. The largest absolute Gasteiger partial charge is 0.496 e. The van der Waals surface area contributed by atoms with E-state index in [9.17, 15) is 9.59 Å². The molecule has 3 rings (SSSR count). The number of hydrogen-bond acceptors (Lipinski definition) is 4. The Bertz CT molecular complexity index is 847. The summed E-state index contributed by atoms with van der Waals surface area (Å²) < 4.78 is 5.44. The van der Waals surface area contributed by atoms with E-state index in [1.54, 1.807) is 7.11 Å². The lowest BCUT2D eigenvalue weighted by Crippen LogP contribution is -2.52. The van der Waals surface area contributed by atoms with Crippen LogP contribution in [0.2, 0.25) is 0 Å². The van der Waals surface area contributed by atoms with Crippen LogP contribution >= 0.6 is 0 Å². The van der Waals surface area contributed by atoms with Gasteiger partial charge in [0.2, 0.25) is 11.8 Å². The minimum Gasteiger partial charge on any atom is -0.496 e. The molecule has 1 aliphatic heterocycles. The molecule has 0 unspecified atom stereocenters. The van der Waals surface area contributed by atoms with Gasteiger partial charge in [0, 0.05) is 63.7 Å². The van der Waals surface area contributed by atoms with Crippen molar-refractivity contribution in [2.24, 2.45) is 11.3 Å². The van der Waals surface area contributed by atoms with E-state index in [1.165, 1.54) is 19.3 Å². The van der Waals surface area contributed by atoms with Crippen molar-refractivity contribution >= 4 is 17.9 Å². The Morgan fingerprint density at radius 1 is 1.06 bits per heavy atom. The lowest BCUT2D eigenvalue weighted by atomic mass is 9.88. The number of rotatable bonds is 9. The van der Waals surface area contributed by atoms with E-state index in [0.717, 1.165) is 56.9 Å². The zero-order valence-corrected chi connectivity index (χ0v) is 22.3. The molecule has 2 aliphatic rings. The molecule has 0 N–H and O–H groups in total. The highest BCUT2D eigenvalue weighted by Crippen LogP contribution is 2.26. The summed E-state index contributed by atoms with van der Waals surface area (Å²) in [4.78, 5) is 32.4. The molecule has 2 fully saturated rings. The third kappa shape index (κ3) is 8.68. The van der Waals surface area contributed by atoms with Crippen molar-refractivity contribution in [1.82, 2.24) is 14.7 Å². The monoisotopic (exact) mass is 483 g/mol. The molecule has 0 aromatic heterocycles. The summed E-state index contributed by atoms with van der Waals surface area (Å²) in [7, 11) is 1.67. The molecule has 6 heteroatoms. The van der Waals surface area contributed by atoms with Gasteiger partial charge in [-0.1, -0.05) is 70.4 Å². The Hall–Kier alpha value is -2.34. The van der Waals surface area contributed by atoms with Crippen LogP contribution in [0.5, 0.6) is 5.75 Å². The van der Waals surface area contributed by atoms with Crippen molar-refractivity contribution in [2.75, 3.05) is 52.9 Å². The molecule has 1 saturated carbocycles. The van der Waals surface area contributed by atoms with Crippen LogP contribution in [-0.4, -0.2) is 79.4 Å². The van der Waals surface area contributed by atoms with Crippen LogP contribution in [0.4, 0.5) is 0 Å². The lowest BCUT2D eigenvalue weighted by Gasteiger charge is -2.38. The van der Waals surface area contributed by atoms with Crippen molar-refractivity contribution < 1.29 is 14.3 Å². The van der Waals surface area contributed by atoms with Gasteiger partial charge in [-0.25, -0.2) is 0 Å². The molecule has 0 atom stereocenters. The first kappa shape index (κ1) is 27.3. The average Bonchev–Trinajstić information content (AvgIpc) is 2.85. The van der Waals surface area contributed by atoms with Crippen molar-refractivity contribution in [2.45, 2.75) is 59.3 Å². The lowest BCUT2D eigenvalue weighted by molar-refractivity contribution is -0.138. The SMILES string of the molecule is COc1ccccc1/C=C/CN(CCN1CCN(C(=O)C2CCCCC2)CC1)C(=O)CC(C)(C)C. The van der Waals surface area contributed by atoms with Gasteiger partial charge < -0.3 is 14.5 Å². The van der Waals surface area contributed by atoms with Crippen LogP contribution < -0.4 is 4.74 Å². The second-order valence-electron chi connectivity index (χ2n) is 11.2. The molecule has 0 radical (unpaired) electrons. The number of benzene rings is 1. The minimum atomic E-state index is -0.0488. The molecule has 0 spiro atoms. The van der Waals surface area contributed by atoms with Gasteiger partial charge in [0.1, 0.15) is 5.75 Å². The van der Waals surface area contributed by atoms with E-state index >= 15 is 0 Å². The van der Waals surface area contributed by atoms with Gasteiger partial charge >= 0.3 is 0 Å².